The molecule has 0 amide bonds. The van der Waals surface area contributed by atoms with E-state index in [1.54, 1.807) is 30.3 Å². The van der Waals surface area contributed by atoms with Crippen LogP contribution in [0.1, 0.15) is 40.5 Å². The summed E-state index contributed by atoms with van der Waals surface area (Å²) >= 11 is 12.2. The second-order valence-electron chi connectivity index (χ2n) is 4.54. The number of ketones is 1. The Kier molecular flexibility index (Phi) is 5.52. The minimum Gasteiger partial charge on any atom is -0.288 e. The molecule has 108 valence electrons. The van der Waals surface area contributed by atoms with Gasteiger partial charge in [-0.2, -0.15) is 0 Å². The molecule has 0 N–H and O–H groups in total. The van der Waals surface area contributed by atoms with Crippen LogP contribution in [0.5, 0.6) is 0 Å². The average Bonchev–Trinajstić information content (AvgIpc) is 2.48. The Bertz CT molecular complexity index is 665. The Morgan fingerprint density at radius 2 is 1.71 bits per heavy atom. The van der Waals surface area contributed by atoms with Gasteiger partial charge in [0.15, 0.2) is 14.2 Å². The van der Waals surface area contributed by atoms with Crippen molar-refractivity contribution in [3.05, 3.63) is 69.2 Å². The highest BCUT2D eigenvalue weighted by atomic mass is 35.5. The lowest BCUT2D eigenvalue weighted by Gasteiger charge is -2.13. The first-order valence-corrected chi connectivity index (χ1v) is 8.14. The Hall–Kier alpha value is -1.21. The summed E-state index contributed by atoms with van der Waals surface area (Å²) in [6.45, 7) is 1.93. The third-order valence-corrected chi connectivity index (χ3v) is 4.80. The average molecular weight is 339 g/mol. The summed E-state index contributed by atoms with van der Waals surface area (Å²) in [5, 5.41) is 0.630. The van der Waals surface area contributed by atoms with E-state index in [0.29, 0.717) is 22.0 Å². The van der Waals surface area contributed by atoms with E-state index in [9.17, 15) is 9.36 Å². The van der Waals surface area contributed by atoms with Gasteiger partial charge in [-0.1, -0.05) is 60.5 Å². The molecule has 0 fully saturated rings. The summed E-state index contributed by atoms with van der Waals surface area (Å²) in [4.78, 5) is 12.8. The highest BCUT2D eigenvalue weighted by Crippen LogP contribution is 2.35. The highest BCUT2D eigenvalue weighted by Gasteiger charge is 2.22. The van der Waals surface area contributed by atoms with Crippen LogP contribution in [0.15, 0.2) is 42.5 Å². The largest absolute Gasteiger partial charge is 0.288 e. The normalized spacial score (nSPS) is 12.3. The van der Waals surface area contributed by atoms with Gasteiger partial charge < -0.3 is 0 Å². The molecule has 0 bridgehead atoms. The minimum atomic E-state index is -0.247. The molecule has 0 saturated heterocycles. The fraction of sp³-hybridized carbons (Fsp3) is 0.188. The van der Waals surface area contributed by atoms with Crippen LogP contribution in [0, 0.1) is 0 Å². The van der Waals surface area contributed by atoms with Crippen molar-refractivity contribution in [3.63, 3.8) is 0 Å². The van der Waals surface area contributed by atoms with Crippen LogP contribution in [0.3, 0.4) is 0 Å². The van der Waals surface area contributed by atoms with Crippen LogP contribution < -0.4 is 0 Å². The summed E-state index contributed by atoms with van der Waals surface area (Å²) in [6, 6.07) is 12.1. The van der Waals surface area contributed by atoms with Crippen LogP contribution in [0.25, 0.3) is 0 Å². The molecule has 0 radical (unpaired) electrons. The fourth-order valence-electron chi connectivity index (χ4n) is 2.20. The van der Waals surface area contributed by atoms with Crippen molar-refractivity contribution in [1.29, 1.82) is 0 Å². The Morgan fingerprint density at radius 3 is 2.29 bits per heavy atom. The summed E-state index contributed by atoms with van der Waals surface area (Å²) in [7, 11) is -0.00529. The van der Waals surface area contributed by atoms with Crippen LogP contribution in [-0.2, 0) is 4.57 Å². The Labute approximate surface area is 135 Å². The lowest BCUT2D eigenvalue weighted by molar-refractivity contribution is 0.103. The maximum Gasteiger partial charge on any atom is 0.196 e. The van der Waals surface area contributed by atoms with Gasteiger partial charge in [0.25, 0.3) is 0 Å². The lowest BCUT2D eigenvalue weighted by Crippen LogP contribution is -2.08. The van der Waals surface area contributed by atoms with E-state index in [0.717, 1.165) is 5.56 Å². The molecule has 1 atom stereocenters. The molecule has 2 aromatic rings. The topological polar surface area (TPSA) is 34.1 Å². The number of benzene rings is 2. The van der Waals surface area contributed by atoms with Gasteiger partial charge in [0.1, 0.15) is 0 Å². The van der Waals surface area contributed by atoms with Gasteiger partial charge in [-0.05, 0) is 24.1 Å². The van der Waals surface area contributed by atoms with Crippen LogP contribution >= 0.6 is 31.7 Å². The molecular formula is C16H13Cl2O2P. The minimum absolute atomic E-state index is 0.00529. The van der Waals surface area contributed by atoms with Gasteiger partial charge in [0.05, 0.1) is 21.3 Å². The second-order valence-corrected chi connectivity index (χ2v) is 6.19. The number of rotatable bonds is 5. The standard InChI is InChI=1S/C16H13Cl2O2P/c1-2-14(21-20)10-6-3-4-7-11(10)16(19)15-12(17)8-5-9-13(15)18/h3-9,14H,2H2,1H3. The third kappa shape index (κ3) is 3.35. The van der Waals surface area contributed by atoms with Gasteiger partial charge in [-0.15, -0.1) is 0 Å². The van der Waals surface area contributed by atoms with E-state index in [-0.39, 0.29) is 25.5 Å². The molecule has 2 aromatic carbocycles. The lowest BCUT2D eigenvalue weighted by atomic mass is 9.95. The Morgan fingerprint density at radius 1 is 1.10 bits per heavy atom. The summed E-state index contributed by atoms with van der Waals surface area (Å²) in [5.41, 5.74) is 1.30. The van der Waals surface area contributed by atoms with Gasteiger partial charge in [-0.25, -0.2) is 0 Å². The smallest absolute Gasteiger partial charge is 0.196 e. The molecule has 0 aliphatic rings. The number of halogens is 2. The van der Waals surface area contributed by atoms with E-state index in [4.69, 9.17) is 23.2 Å². The van der Waals surface area contributed by atoms with Gasteiger partial charge >= 0.3 is 0 Å². The molecule has 0 heterocycles. The zero-order valence-corrected chi connectivity index (χ0v) is 13.8. The third-order valence-electron chi connectivity index (χ3n) is 3.27. The van der Waals surface area contributed by atoms with E-state index >= 15 is 0 Å². The van der Waals surface area contributed by atoms with E-state index in [2.05, 4.69) is 0 Å². The van der Waals surface area contributed by atoms with Crippen molar-refractivity contribution in [2.75, 3.05) is 0 Å². The molecule has 2 rings (SSSR count). The van der Waals surface area contributed by atoms with Crippen molar-refractivity contribution < 1.29 is 9.36 Å². The molecule has 2 nitrogen and oxygen atoms in total. The SMILES string of the molecule is CCC(P=O)c1ccccc1C(=O)c1c(Cl)cccc1Cl. The Balaban J connectivity index is 2.57. The molecule has 0 aliphatic heterocycles. The van der Waals surface area contributed by atoms with E-state index in [1.807, 2.05) is 19.1 Å². The molecule has 5 heteroatoms. The second kappa shape index (κ2) is 7.17. The number of hydrogen-bond acceptors (Lipinski definition) is 2. The first-order chi connectivity index (χ1) is 10.1. The molecule has 1 unspecified atom stereocenters. The molecule has 0 spiro atoms. The predicted octanol–water partition coefficient (Wildman–Crippen LogP) is 5.97. The first-order valence-electron chi connectivity index (χ1n) is 6.50. The molecule has 0 aromatic heterocycles. The van der Waals surface area contributed by atoms with Crippen molar-refractivity contribution in [2.45, 2.75) is 19.0 Å². The van der Waals surface area contributed by atoms with Crippen molar-refractivity contribution in [1.82, 2.24) is 0 Å². The number of carbonyl (C=O) groups is 1. The fourth-order valence-corrected chi connectivity index (χ4v) is 3.25. The van der Waals surface area contributed by atoms with E-state index < -0.39 is 0 Å². The summed E-state index contributed by atoms with van der Waals surface area (Å²) in [5.74, 6) is -0.247. The van der Waals surface area contributed by atoms with Crippen LogP contribution in [0.2, 0.25) is 10.0 Å². The van der Waals surface area contributed by atoms with Crippen molar-refractivity contribution in [3.8, 4) is 0 Å². The van der Waals surface area contributed by atoms with Crippen molar-refractivity contribution in [2.24, 2.45) is 0 Å². The highest BCUT2D eigenvalue weighted by molar-refractivity contribution is 7.24. The zero-order chi connectivity index (χ0) is 15.4. The molecule has 0 saturated carbocycles. The quantitative estimate of drug-likeness (QED) is 0.497. The number of carbonyl (C=O) groups excluding carboxylic acids is 1. The van der Waals surface area contributed by atoms with Crippen LogP contribution in [-0.4, -0.2) is 5.78 Å². The van der Waals surface area contributed by atoms with Crippen LogP contribution in [0.4, 0.5) is 0 Å². The first kappa shape index (κ1) is 16.2. The maximum absolute atomic E-state index is 12.8. The zero-order valence-electron chi connectivity index (χ0n) is 11.3. The molecule has 0 aliphatic carbocycles. The summed E-state index contributed by atoms with van der Waals surface area (Å²) in [6.07, 6.45) is 0.672. The number of hydrogen-bond donors (Lipinski definition) is 0. The van der Waals surface area contributed by atoms with Gasteiger partial charge in [0.2, 0.25) is 0 Å². The predicted molar refractivity (Wildman–Crippen MR) is 87.0 cm³/mol. The van der Waals surface area contributed by atoms with Gasteiger partial charge in [-0.3, -0.25) is 9.36 Å². The monoisotopic (exact) mass is 338 g/mol. The van der Waals surface area contributed by atoms with Crippen molar-refractivity contribution >= 4 is 37.4 Å². The maximum atomic E-state index is 12.8. The molecule has 21 heavy (non-hydrogen) atoms. The summed E-state index contributed by atoms with van der Waals surface area (Å²) < 4.78 is 11.3. The van der Waals surface area contributed by atoms with E-state index in [1.165, 1.54) is 0 Å². The van der Waals surface area contributed by atoms with Gasteiger partial charge in [0, 0.05) is 5.56 Å². The molecular weight excluding hydrogens is 326 g/mol.